The van der Waals surface area contributed by atoms with E-state index in [0.29, 0.717) is 6.04 Å². The molecule has 2 rings (SSSR count). The van der Waals surface area contributed by atoms with Crippen LogP contribution in [0.2, 0.25) is 0 Å². The first kappa shape index (κ1) is 13.6. The molecule has 2 nitrogen and oxygen atoms in total. The Morgan fingerprint density at radius 1 is 1.28 bits per heavy atom. The molecule has 18 heavy (non-hydrogen) atoms. The Hall–Kier alpha value is -0.830. The Kier molecular flexibility index (Phi) is 4.81. The molecule has 0 atom stereocenters. The smallest absolute Gasteiger partial charge is 0.0979 e. The molecule has 1 aliphatic rings. The fraction of sp³-hybridized carbons (Fsp3) is 0.533. The number of halogens is 1. The summed E-state index contributed by atoms with van der Waals surface area (Å²) in [7, 11) is 0. The van der Waals surface area contributed by atoms with Crippen LogP contribution in [0.3, 0.4) is 0 Å². The van der Waals surface area contributed by atoms with E-state index in [1.165, 1.54) is 37.7 Å². The Morgan fingerprint density at radius 3 is 2.72 bits per heavy atom. The molecule has 0 aliphatic heterocycles. The quantitative estimate of drug-likeness (QED) is 0.608. The largest absolute Gasteiger partial charge is 0.344 e. The van der Waals surface area contributed by atoms with Gasteiger partial charge in [-0.2, -0.15) is 0 Å². The van der Waals surface area contributed by atoms with E-state index in [1.807, 2.05) is 0 Å². The summed E-state index contributed by atoms with van der Waals surface area (Å²) < 4.78 is 1.10. The molecular formula is C15H21BrN2. The first-order valence-corrected chi connectivity index (χ1v) is 7.52. The van der Waals surface area contributed by atoms with Gasteiger partial charge in [-0.1, -0.05) is 41.3 Å². The highest BCUT2D eigenvalue weighted by Gasteiger charge is 2.12. The number of amidine groups is 1. The van der Waals surface area contributed by atoms with Crippen LogP contribution in [-0.2, 0) is 0 Å². The van der Waals surface area contributed by atoms with Crippen molar-refractivity contribution in [3.63, 3.8) is 0 Å². The predicted octanol–water partition coefficient (Wildman–Crippen LogP) is 4.92. The summed E-state index contributed by atoms with van der Waals surface area (Å²) in [6.07, 6.45) is 6.53. The first-order chi connectivity index (χ1) is 8.65. The molecule has 1 aliphatic carbocycles. The van der Waals surface area contributed by atoms with Crippen molar-refractivity contribution in [2.24, 2.45) is 4.99 Å². The van der Waals surface area contributed by atoms with Crippen LogP contribution in [-0.4, -0.2) is 11.9 Å². The maximum atomic E-state index is 4.79. The Morgan fingerprint density at radius 2 is 2.00 bits per heavy atom. The summed E-state index contributed by atoms with van der Waals surface area (Å²) in [5, 5.41) is 3.42. The minimum absolute atomic E-state index is 0.527. The third-order valence-electron chi connectivity index (χ3n) is 3.47. The van der Waals surface area contributed by atoms with E-state index in [-0.39, 0.29) is 0 Å². The first-order valence-electron chi connectivity index (χ1n) is 6.73. The number of aryl methyl sites for hydroxylation is 1. The third kappa shape index (κ3) is 3.84. The van der Waals surface area contributed by atoms with Gasteiger partial charge in [0.1, 0.15) is 0 Å². The molecular weight excluding hydrogens is 288 g/mol. The molecule has 3 heteroatoms. The van der Waals surface area contributed by atoms with Crippen molar-refractivity contribution in [3.8, 4) is 0 Å². The number of nitrogens with zero attached hydrogens (tertiary/aromatic N) is 1. The Balaban J connectivity index is 2.03. The molecule has 1 saturated carbocycles. The van der Waals surface area contributed by atoms with Crippen LogP contribution in [0.25, 0.3) is 0 Å². The molecule has 0 unspecified atom stereocenters. The van der Waals surface area contributed by atoms with Gasteiger partial charge in [0.05, 0.1) is 11.9 Å². The minimum Gasteiger partial charge on any atom is -0.344 e. The van der Waals surface area contributed by atoms with E-state index >= 15 is 0 Å². The Labute approximate surface area is 118 Å². The van der Waals surface area contributed by atoms with Gasteiger partial charge in [-0.3, -0.25) is 4.99 Å². The summed E-state index contributed by atoms with van der Waals surface area (Å²) >= 11 is 3.50. The molecule has 0 saturated heterocycles. The monoisotopic (exact) mass is 308 g/mol. The van der Waals surface area contributed by atoms with Crippen LogP contribution in [0.1, 0.15) is 44.6 Å². The number of benzene rings is 1. The minimum atomic E-state index is 0.527. The SMILES string of the molecule is CC(=NC1CCCCC1)Nc1cc(Br)ccc1C. The maximum Gasteiger partial charge on any atom is 0.0979 e. The average molecular weight is 309 g/mol. The Bertz CT molecular complexity index is 434. The van der Waals surface area contributed by atoms with Gasteiger partial charge in [-0.25, -0.2) is 0 Å². The summed E-state index contributed by atoms with van der Waals surface area (Å²) in [5.74, 6) is 1.03. The van der Waals surface area contributed by atoms with Crippen molar-refractivity contribution >= 4 is 27.5 Å². The van der Waals surface area contributed by atoms with E-state index in [0.717, 1.165) is 16.0 Å². The van der Waals surface area contributed by atoms with Gasteiger partial charge < -0.3 is 5.32 Å². The molecule has 0 bridgehead atoms. The molecule has 0 spiro atoms. The lowest BCUT2D eigenvalue weighted by Gasteiger charge is -2.19. The van der Waals surface area contributed by atoms with Crippen molar-refractivity contribution in [2.75, 3.05) is 5.32 Å². The molecule has 0 amide bonds. The molecule has 1 aromatic carbocycles. The van der Waals surface area contributed by atoms with Crippen LogP contribution < -0.4 is 5.32 Å². The van der Waals surface area contributed by atoms with Gasteiger partial charge in [-0.15, -0.1) is 0 Å². The summed E-state index contributed by atoms with van der Waals surface area (Å²) in [5.41, 5.74) is 2.39. The standard InChI is InChI=1S/C15H21BrN2/c1-11-8-9-13(16)10-15(11)18-12(2)17-14-6-4-3-5-7-14/h8-10,14H,3-7H2,1-2H3,(H,17,18). The van der Waals surface area contributed by atoms with Crippen LogP contribution in [0, 0.1) is 6.92 Å². The normalized spacial score (nSPS) is 17.8. The molecule has 1 N–H and O–H groups in total. The average Bonchev–Trinajstić information content (AvgIpc) is 2.35. The second-order valence-corrected chi connectivity index (χ2v) is 6.01. The number of nitrogens with one attached hydrogen (secondary N) is 1. The van der Waals surface area contributed by atoms with E-state index in [1.54, 1.807) is 0 Å². The van der Waals surface area contributed by atoms with Crippen LogP contribution >= 0.6 is 15.9 Å². The maximum absolute atomic E-state index is 4.79. The predicted molar refractivity (Wildman–Crippen MR) is 82.5 cm³/mol. The molecule has 1 fully saturated rings. The summed E-state index contributed by atoms with van der Waals surface area (Å²) in [4.78, 5) is 4.79. The van der Waals surface area contributed by atoms with E-state index in [9.17, 15) is 0 Å². The topological polar surface area (TPSA) is 24.4 Å². The fourth-order valence-corrected chi connectivity index (χ4v) is 2.80. The van der Waals surface area contributed by atoms with Gasteiger partial charge in [0.2, 0.25) is 0 Å². The van der Waals surface area contributed by atoms with Gasteiger partial charge in [-0.05, 0) is 44.4 Å². The van der Waals surface area contributed by atoms with Gasteiger partial charge in [0.25, 0.3) is 0 Å². The summed E-state index contributed by atoms with van der Waals surface area (Å²) in [6.45, 7) is 4.18. The second kappa shape index (κ2) is 6.37. The molecule has 0 aromatic heterocycles. The van der Waals surface area contributed by atoms with Crippen LogP contribution in [0.4, 0.5) is 5.69 Å². The lowest BCUT2D eigenvalue weighted by molar-refractivity contribution is 0.443. The van der Waals surface area contributed by atoms with Crippen molar-refractivity contribution in [1.82, 2.24) is 0 Å². The van der Waals surface area contributed by atoms with Gasteiger partial charge in [0, 0.05) is 10.2 Å². The number of anilines is 1. The van der Waals surface area contributed by atoms with Crippen molar-refractivity contribution in [1.29, 1.82) is 0 Å². The highest BCUT2D eigenvalue weighted by molar-refractivity contribution is 9.10. The van der Waals surface area contributed by atoms with Crippen molar-refractivity contribution in [3.05, 3.63) is 28.2 Å². The zero-order valence-electron chi connectivity index (χ0n) is 11.2. The number of rotatable bonds is 2. The fourth-order valence-electron chi connectivity index (χ4n) is 2.44. The highest BCUT2D eigenvalue weighted by atomic mass is 79.9. The number of aliphatic imine (C=N–C) groups is 1. The summed E-state index contributed by atoms with van der Waals surface area (Å²) in [6, 6.07) is 6.81. The second-order valence-electron chi connectivity index (χ2n) is 5.09. The third-order valence-corrected chi connectivity index (χ3v) is 3.96. The van der Waals surface area contributed by atoms with Crippen molar-refractivity contribution in [2.45, 2.75) is 52.0 Å². The molecule has 0 radical (unpaired) electrons. The van der Waals surface area contributed by atoms with E-state index in [2.05, 4.69) is 53.3 Å². The lowest BCUT2D eigenvalue weighted by Crippen LogP contribution is -2.16. The molecule has 1 aromatic rings. The molecule has 98 valence electrons. The van der Waals surface area contributed by atoms with E-state index in [4.69, 9.17) is 4.99 Å². The zero-order valence-corrected chi connectivity index (χ0v) is 12.8. The molecule has 0 heterocycles. The zero-order chi connectivity index (χ0) is 13.0. The van der Waals surface area contributed by atoms with Gasteiger partial charge in [0.15, 0.2) is 0 Å². The van der Waals surface area contributed by atoms with E-state index < -0.39 is 0 Å². The highest BCUT2D eigenvalue weighted by Crippen LogP contribution is 2.22. The number of hydrogen-bond acceptors (Lipinski definition) is 1. The number of hydrogen-bond donors (Lipinski definition) is 1. The van der Waals surface area contributed by atoms with Crippen molar-refractivity contribution < 1.29 is 0 Å². The van der Waals surface area contributed by atoms with Crippen LogP contribution in [0.5, 0.6) is 0 Å². The van der Waals surface area contributed by atoms with Gasteiger partial charge >= 0.3 is 0 Å². The lowest BCUT2D eigenvalue weighted by atomic mass is 9.96. The van der Waals surface area contributed by atoms with Crippen LogP contribution in [0.15, 0.2) is 27.7 Å².